The number of azo groups is 1. The van der Waals surface area contributed by atoms with Crippen LogP contribution in [0.15, 0.2) is 58.8 Å². The van der Waals surface area contributed by atoms with Crippen molar-refractivity contribution >= 4 is 28.7 Å². The van der Waals surface area contributed by atoms with Crippen LogP contribution >= 0.6 is 11.6 Å². The quantitative estimate of drug-likeness (QED) is 0.458. The van der Waals surface area contributed by atoms with E-state index in [-0.39, 0.29) is 11.4 Å². The van der Waals surface area contributed by atoms with Gasteiger partial charge >= 0.3 is 0 Å². The second-order valence-corrected chi connectivity index (χ2v) is 3.80. The fraction of sp³-hybridized carbons (Fsp3) is 0. The van der Waals surface area contributed by atoms with E-state index in [0.717, 1.165) is 0 Å². The van der Waals surface area contributed by atoms with Crippen molar-refractivity contribution in [1.82, 2.24) is 0 Å². The van der Waals surface area contributed by atoms with E-state index in [2.05, 4.69) is 10.2 Å². The van der Waals surface area contributed by atoms with Crippen LogP contribution in [0.4, 0.5) is 17.1 Å². The summed E-state index contributed by atoms with van der Waals surface area (Å²) in [6, 6.07) is 13.0. The van der Waals surface area contributed by atoms with Crippen LogP contribution in [0, 0.1) is 10.1 Å². The summed E-state index contributed by atoms with van der Waals surface area (Å²) in [5, 5.41) is 19.0. The summed E-state index contributed by atoms with van der Waals surface area (Å²) in [5.74, 6) is 0. The molecule has 0 bridgehead atoms. The zero-order valence-corrected chi connectivity index (χ0v) is 9.91. The maximum absolute atomic E-state index is 10.8. The minimum atomic E-state index is -0.499. The highest BCUT2D eigenvalue weighted by atomic mass is 35.5. The molecular weight excluding hydrogens is 254 g/mol. The van der Waals surface area contributed by atoms with Gasteiger partial charge in [0.15, 0.2) is 5.69 Å². The highest BCUT2D eigenvalue weighted by Gasteiger charge is 2.11. The van der Waals surface area contributed by atoms with Crippen LogP contribution in [0.5, 0.6) is 0 Å². The smallest absolute Gasteiger partial charge is 0.258 e. The Morgan fingerprint density at radius 1 is 0.944 bits per heavy atom. The lowest BCUT2D eigenvalue weighted by Crippen LogP contribution is -1.86. The number of benzene rings is 2. The number of rotatable bonds is 3. The minimum Gasteiger partial charge on any atom is -0.258 e. The van der Waals surface area contributed by atoms with Gasteiger partial charge in [-0.25, -0.2) is 0 Å². The van der Waals surface area contributed by atoms with Gasteiger partial charge in [-0.1, -0.05) is 35.9 Å². The van der Waals surface area contributed by atoms with E-state index in [1.54, 1.807) is 36.4 Å². The van der Waals surface area contributed by atoms with Crippen molar-refractivity contribution in [2.24, 2.45) is 10.2 Å². The van der Waals surface area contributed by atoms with Crippen LogP contribution in [0.3, 0.4) is 0 Å². The molecule has 0 radical (unpaired) electrons. The first-order chi connectivity index (χ1) is 8.68. The molecule has 5 nitrogen and oxygen atoms in total. The topological polar surface area (TPSA) is 67.9 Å². The number of nitrogens with zero attached hydrogens (tertiary/aromatic N) is 3. The third kappa shape index (κ3) is 2.70. The molecule has 0 aliphatic carbocycles. The molecule has 2 rings (SSSR count). The minimum absolute atomic E-state index is 0.0895. The highest BCUT2D eigenvalue weighted by molar-refractivity contribution is 6.32. The molecule has 0 fully saturated rings. The summed E-state index contributed by atoms with van der Waals surface area (Å²) >= 11 is 5.91. The predicted molar refractivity (Wildman–Crippen MR) is 68.7 cm³/mol. The van der Waals surface area contributed by atoms with E-state index in [1.807, 2.05) is 0 Å². The van der Waals surface area contributed by atoms with Crippen LogP contribution in [-0.2, 0) is 0 Å². The van der Waals surface area contributed by atoms with Gasteiger partial charge in [-0.05, 0) is 18.2 Å². The number of para-hydroxylation sites is 1. The molecule has 2 aromatic rings. The number of halogens is 1. The Balaban J connectivity index is 2.35. The average Bonchev–Trinajstić information content (AvgIpc) is 2.38. The molecule has 0 saturated heterocycles. The first-order valence-corrected chi connectivity index (χ1v) is 5.46. The number of hydrogen-bond acceptors (Lipinski definition) is 4. The Kier molecular flexibility index (Phi) is 3.64. The van der Waals surface area contributed by atoms with Crippen molar-refractivity contribution in [3.8, 4) is 0 Å². The summed E-state index contributed by atoms with van der Waals surface area (Å²) in [6.45, 7) is 0. The molecule has 0 aliphatic rings. The maximum Gasteiger partial charge on any atom is 0.296 e. The normalized spacial score (nSPS) is 10.7. The molecule has 6 heteroatoms. The van der Waals surface area contributed by atoms with Gasteiger partial charge < -0.3 is 0 Å². The number of hydrogen-bond donors (Lipinski definition) is 0. The van der Waals surface area contributed by atoms with Crippen LogP contribution in [-0.4, -0.2) is 4.92 Å². The lowest BCUT2D eigenvalue weighted by Gasteiger charge is -1.97. The lowest BCUT2D eigenvalue weighted by atomic mass is 10.3. The van der Waals surface area contributed by atoms with E-state index in [1.165, 1.54) is 12.1 Å². The van der Waals surface area contributed by atoms with Crippen molar-refractivity contribution in [3.63, 3.8) is 0 Å². The third-order valence-corrected chi connectivity index (χ3v) is 2.52. The van der Waals surface area contributed by atoms with Crippen LogP contribution < -0.4 is 0 Å². The molecule has 0 spiro atoms. The Bertz CT molecular complexity index is 614. The molecule has 0 amide bonds. The molecular formula is C12H8ClN3O2. The van der Waals surface area contributed by atoms with Crippen LogP contribution in [0.2, 0.25) is 5.02 Å². The molecule has 18 heavy (non-hydrogen) atoms. The van der Waals surface area contributed by atoms with Crippen LogP contribution in [0.25, 0.3) is 0 Å². The van der Waals surface area contributed by atoms with Gasteiger partial charge in [0, 0.05) is 6.07 Å². The van der Waals surface area contributed by atoms with Gasteiger partial charge in [-0.15, -0.1) is 10.2 Å². The number of nitro benzene ring substituents is 1. The van der Waals surface area contributed by atoms with E-state index >= 15 is 0 Å². The molecule has 0 heterocycles. The summed E-state index contributed by atoms with van der Waals surface area (Å²) in [5.41, 5.74) is 0.577. The maximum atomic E-state index is 10.8. The van der Waals surface area contributed by atoms with Gasteiger partial charge in [0.05, 0.1) is 9.95 Å². The van der Waals surface area contributed by atoms with Crippen molar-refractivity contribution in [2.75, 3.05) is 0 Å². The summed E-state index contributed by atoms with van der Waals surface area (Å²) in [7, 11) is 0. The van der Waals surface area contributed by atoms with E-state index in [0.29, 0.717) is 10.7 Å². The summed E-state index contributed by atoms with van der Waals surface area (Å²) in [6.07, 6.45) is 0. The molecule has 90 valence electrons. The summed E-state index contributed by atoms with van der Waals surface area (Å²) in [4.78, 5) is 10.3. The van der Waals surface area contributed by atoms with Gasteiger partial charge in [0.25, 0.3) is 5.69 Å². The second kappa shape index (κ2) is 5.37. The molecule has 0 N–H and O–H groups in total. The molecule has 0 unspecified atom stereocenters. The predicted octanol–water partition coefficient (Wildman–Crippen LogP) is 4.66. The van der Waals surface area contributed by atoms with Crippen molar-refractivity contribution in [2.45, 2.75) is 0 Å². The number of nitro groups is 1. The Morgan fingerprint density at radius 3 is 2.17 bits per heavy atom. The molecule has 0 saturated carbocycles. The zero-order chi connectivity index (χ0) is 13.0. The van der Waals surface area contributed by atoms with Crippen molar-refractivity contribution < 1.29 is 4.92 Å². The van der Waals surface area contributed by atoms with Crippen LogP contribution in [0.1, 0.15) is 0 Å². The largest absolute Gasteiger partial charge is 0.296 e. The van der Waals surface area contributed by atoms with E-state index in [9.17, 15) is 10.1 Å². The Labute approximate surface area is 108 Å². The Morgan fingerprint density at radius 2 is 1.50 bits per heavy atom. The monoisotopic (exact) mass is 261 g/mol. The molecule has 0 aromatic heterocycles. The zero-order valence-electron chi connectivity index (χ0n) is 9.15. The van der Waals surface area contributed by atoms with Gasteiger partial charge in [-0.2, -0.15) is 0 Å². The average molecular weight is 262 g/mol. The molecule has 0 aliphatic heterocycles. The van der Waals surface area contributed by atoms with Gasteiger partial charge in [0.2, 0.25) is 0 Å². The molecule has 2 aromatic carbocycles. The van der Waals surface area contributed by atoms with Crippen molar-refractivity contribution in [3.05, 3.63) is 63.7 Å². The van der Waals surface area contributed by atoms with Crippen molar-refractivity contribution in [1.29, 1.82) is 0 Å². The third-order valence-electron chi connectivity index (χ3n) is 2.20. The van der Waals surface area contributed by atoms with E-state index in [4.69, 9.17) is 11.6 Å². The first-order valence-electron chi connectivity index (χ1n) is 5.08. The fourth-order valence-electron chi connectivity index (χ4n) is 1.34. The van der Waals surface area contributed by atoms with Gasteiger partial charge in [-0.3, -0.25) is 10.1 Å². The standard InChI is InChI=1S/C12H8ClN3O2/c13-9-5-1-2-6-10(9)14-15-11-7-3-4-8-12(11)16(17)18/h1-8H. The SMILES string of the molecule is O=[N+]([O-])c1ccccc1N=Nc1ccccc1Cl. The molecule has 0 atom stereocenters. The fourth-order valence-corrected chi connectivity index (χ4v) is 1.52. The highest BCUT2D eigenvalue weighted by Crippen LogP contribution is 2.30. The first kappa shape index (κ1) is 12.2. The second-order valence-electron chi connectivity index (χ2n) is 3.40. The lowest BCUT2D eigenvalue weighted by molar-refractivity contribution is -0.384. The Hall–Kier alpha value is -2.27. The van der Waals surface area contributed by atoms with E-state index < -0.39 is 4.92 Å². The summed E-state index contributed by atoms with van der Waals surface area (Å²) < 4.78 is 0. The van der Waals surface area contributed by atoms with Gasteiger partial charge in [0.1, 0.15) is 5.69 Å².